The van der Waals surface area contributed by atoms with Gasteiger partial charge >= 0.3 is 0 Å². The number of aromatic nitrogens is 2. The maximum Gasteiger partial charge on any atom is 0.224 e. The van der Waals surface area contributed by atoms with Gasteiger partial charge in [-0.05, 0) is 12.1 Å². The van der Waals surface area contributed by atoms with Gasteiger partial charge in [0.15, 0.2) is 5.76 Å². The summed E-state index contributed by atoms with van der Waals surface area (Å²) in [6.45, 7) is 0. The van der Waals surface area contributed by atoms with E-state index in [2.05, 4.69) is 10.1 Å². The molecule has 0 aliphatic heterocycles. The monoisotopic (exact) mass is 191 g/mol. The molecule has 0 aromatic carbocycles. The third kappa shape index (κ3) is 1.28. The summed E-state index contributed by atoms with van der Waals surface area (Å²) in [6, 6.07) is 3.59. The molecule has 0 unspecified atom stereocenters. The third-order valence-electron chi connectivity index (χ3n) is 1.81. The van der Waals surface area contributed by atoms with Crippen LogP contribution in [0.4, 0.5) is 5.69 Å². The number of pyridine rings is 1. The van der Waals surface area contributed by atoms with E-state index in [-0.39, 0.29) is 0 Å². The van der Waals surface area contributed by atoms with Crippen LogP contribution < -0.4 is 10.5 Å². The summed E-state index contributed by atoms with van der Waals surface area (Å²) in [5, 5.41) is 3.59. The Morgan fingerprint density at radius 3 is 3.00 bits per heavy atom. The molecule has 2 aromatic heterocycles. The summed E-state index contributed by atoms with van der Waals surface area (Å²) >= 11 is 0. The average molecular weight is 191 g/mol. The second-order valence-corrected chi connectivity index (χ2v) is 2.67. The molecule has 0 radical (unpaired) electrons. The van der Waals surface area contributed by atoms with Crippen molar-refractivity contribution in [3.8, 4) is 17.2 Å². The minimum atomic E-state index is 0.468. The zero-order valence-electron chi connectivity index (χ0n) is 7.60. The summed E-state index contributed by atoms with van der Waals surface area (Å²) in [7, 11) is 1.54. The molecule has 2 heterocycles. The molecule has 2 aromatic rings. The zero-order chi connectivity index (χ0) is 9.97. The predicted molar refractivity (Wildman–Crippen MR) is 50.7 cm³/mol. The lowest BCUT2D eigenvalue weighted by molar-refractivity contribution is 0.392. The molecular weight excluding hydrogens is 182 g/mol. The summed E-state index contributed by atoms with van der Waals surface area (Å²) in [5.41, 5.74) is 6.82. The molecule has 0 saturated carbocycles. The lowest BCUT2D eigenvalue weighted by atomic mass is 10.2. The Kier molecular flexibility index (Phi) is 2.06. The number of hydrogen-bond acceptors (Lipinski definition) is 5. The van der Waals surface area contributed by atoms with Gasteiger partial charge in [0.25, 0.3) is 0 Å². The number of anilines is 1. The molecule has 2 N–H and O–H groups in total. The highest BCUT2D eigenvalue weighted by Crippen LogP contribution is 2.31. The van der Waals surface area contributed by atoms with Crippen LogP contribution in [0.3, 0.4) is 0 Å². The molecule has 0 amide bonds. The van der Waals surface area contributed by atoms with Crippen molar-refractivity contribution >= 4 is 5.69 Å². The van der Waals surface area contributed by atoms with Crippen LogP contribution in [-0.4, -0.2) is 17.3 Å². The van der Waals surface area contributed by atoms with E-state index in [1.165, 1.54) is 6.20 Å². The summed E-state index contributed by atoms with van der Waals surface area (Å²) in [4.78, 5) is 4.03. The Morgan fingerprint density at radius 2 is 2.36 bits per heavy atom. The van der Waals surface area contributed by atoms with E-state index in [4.69, 9.17) is 15.0 Å². The van der Waals surface area contributed by atoms with Gasteiger partial charge in [-0.2, -0.15) is 0 Å². The largest absolute Gasteiger partial charge is 0.480 e. The first kappa shape index (κ1) is 8.55. The second-order valence-electron chi connectivity index (χ2n) is 2.67. The van der Waals surface area contributed by atoms with Gasteiger partial charge in [0.1, 0.15) is 5.69 Å². The third-order valence-corrected chi connectivity index (χ3v) is 1.81. The average Bonchev–Trinajstić information content (AvgIpc) is 2.64. The van der Waals surface area contributed by atoms with Gasteiger partial charge in [0, 0.05) is 6.20 Å². The minimum absolute atomic E-state index is 0.468. The van der Waals surface area contributed by atoms with Gasteiger partial charge in [0.05, 0.1) is 18.9 Å². The Bertz CT molecular complexity index is 439. The number of nitrogens with zero attached hydrogens (tertiary/aromatic N) is 2. The fourth-order valence-electron chi connectivity index (χ4n) is 1.18. The van der Waals surface area contributed by atoms with E-state index in [9.17, 15) is 0 Å². The van der Waals surface area contributed by atoms with Crippen LogP contribution in [0, 0.1) is 0 Å². The number of nitrogen functional groups attached to an aromatic ring is 1. The van der Waals surface area contributed by atoms with Crippen LogP contribution in [0.5, 0.6) is 5.88 Å². The maximum absolute atomic E-state index is 5.66. The summed E-state index contributed by atoms with van der Waals surface area (Å²) < 4.78 is 10.1. The van der Waals surface area contributed by atoms with Crippen molar-refractivity contribution in [3.05, 3.63) is 24.5 Å². The van der Waals surface area contributed by atoms with E-state index in [0.29, 0.717) is 22.9 Å². The van der Waals surface area contributed by atoms with Crippen molar-refractivity contribution in [3.63, 3.8) is 0 Å². The lowest BCUT2D eigenvalue weighted by Crippen LogP contribution is -1.92. The molecule has 2 rings (SSSR count). The molecule has 0 fully saturated rings. The minimum Gasteiger partial charge on any atom is -0.480 e. The number of nitrogens with two attached hydrogens (primary N) is 1. The molecule has 0 aliphatic carbocycles. The second kappa shape index (κ2) is 3.37. The standard InChI is InChI=1S/C9H9N3O2/c1-13-9-6(3-2-4-11-9)8-7(10)5-12-14-8/h2-5H,10H2,1H3. The zero-order valence-corrected chi connectivity index (χ0v) is 7.60. The van der Waals surface area contributed by atoms with E-state index < -0.39 is 0 Å². The number of ether oxygens (including phenoxy) is 1. The molecule has 14 heavy (non-hydrogen) atoms. The SMILES string of the molecule is COc1ncccc1-c1oncc1N. The van der Waals surface area contributed by atoms with Crippen LogP contribution >= 0.6 is 0 Å². The quantitative estimate of drug-likeness (QED) is 0.775. The molecule has 0 bridgehead atoms. The van der Waals surface area contributed by atoms with Crippen molar-refractivity contribution in [2.45, 2.75) is 0 Å². The molecule has 0 saturated heterocycles. The Morgan fingerprint density at radius 1 is 1.50 bits per heavy atom. The highest BCUT2D eigenvalue weighted by Gasteiger charge is 2.13. The molecule has 5 heteroatoms. The summed E-state index contributed by atoms with van der Waals surface area (Å²) in [5.74, 6) is 0.950. The first-order valence-electron chi connectivity index (χ1n) is 4.02. The van der Waals surface area contributed by atoms with E-state index >= 15 is 0 Å². The fraction of sp³-hybridized carbons (Fsp3) is 0.111. The van der Waals surface area contributed by atoms with E-state index in [1.54, 1.807) is 19.4 Å². The first-order valence-corrected chi connectivity index (χ1v) is 4.02. The van der Waals surface area contributed by atoms with Gasteiger partial charge in [-0.25, -0.2) is 4.98 Å². The number of rotatable bonds is 2. The van der Waals surface area contributed by atoms with Gasteiger partial charge in [-0.1, -0.05) is 5.16 Å². The van der Waals surface area contributed by atoms with Crippen molar-refractivity contribution in [2.75, 3.05) is 12.8 Å². The van der Waals surface area contributed by atoms with E-state index in [0.717, 1.165) is 0 Å². The molecular formula is C9H9N3O2. The number of methoxy groups -OCH3 is 1. The van der Waals surface area contributed by atoms with Crippen molar-refractivity contribution in [1.29, 1.82) is 0 Å². The Balaban J connectivity index is 2.56. The fourth-order valence-corrected chi connectivity index (χ4v) is 1.18. The molecule has 0 aliphatic rings. The molecule has 0 atom stereocenters. The first-order chi connectivity index (χ1) is 6.83. The highest BCUT2D eigenvalue weighted by molar-refractivity contribution is 5.73. The molecule has 72 valence electrons. The van der Waals surface area contributed by atoms with Crippen LogP contribution in [-0.2, 0) is 0 Å². The van der Waals surface area contributed by atoms with Crippen molar-refractivity contribution in [1.82, 2.24) is 10.1 Å². The maximum atomic E-state index is 5.66. The van der Waals surface area contributed by atoms with Gasteiger partial charge < -0.3 is 15.0 Å². The summed E-state index contributed by atoms with van der Waals surface area (Å²) in [6.07, 6.45) is 3.08. The highest BCUT2D eigenvalue weighted by atomic mass is 16.5. The van der Waals surface area contributed by atoms with Gasteiger partial charge in [-0.3, -0.25) is 0 Å². The van der Waals surface area contributed by atoms with Crippen molar-refractivity contribution < 1.29 is 9.26 Å². The Labute approximate surface area is 80.5 Å². The van der Waals surface area contributed by atoms with Gasteiger partial charge in [0.2, 0.25) is 5.88 Å². The van der Waals surface area contributed by atoms with Crippen LogP contribution in [0.2, 0.25) is 0 Å². The lowest BCUT2D eigenvalue weighted by Gasteiger charge is -2.03. The van der Waals surface area contributed by atoms with Crippen LogP contribution in [0.15, 0.2) is 29.0 Å². The normalized spacial score (nSPS) is 10.1. The van der Waals surface area contributed by atoms with E-state index in [1.807, 2.05) is 6.07 Å². The Hall–Kier alpha value is -2.04. The van der Waals surface area contributed by atoms with Crippen molar-refractivity contribution in [2.24, 2.45) is 0 Å². The predicted octanol–water partition coefficient (Wildman–Crippen LogP) is 1.33. The molecule has 5 nitrogen and oxygen atoms in total. The smallest absolute Gasteiger partial charge is 0.224 e. The molecule has 0 spiro atoms. The van der Waals surface area contributed by atoms with Crippen LogP contribution in [0.25, 0.3) is 11.3 Å². The van der Waals surface area contributed by atoms with Crippen LogP contribution in [0.1, 0.15) is 0 Å². The number of hydrogen-bond donors (Lipinski definition) is 1. The topological polar surface area (TPSA) is 74.2 Å². The van der Waals surface area contributed by atoms with Gasteiger partial charge in [-0.15, -0.1) is 0 Å².